The minimum atomic E-state index is -4.02. The van der Waals surface area contributed by atoms with Crippen LogP contribution in [0, 0.1) is 0 Å². The van der Waals surface area contributed by atoms with E-state index in [1.54, 1.807) is 0 Å². The number of nitrogens with one attached hydrogen (secondary N) is 2. The number of likely N-dealkylation sites (N-methyl/N-ethyl adjacent to an activating group) is 1. The van der Waals surface area contributed by atoms with Crippen LogP contribution in [0.5, 0.6) is 0 Å². The number of nitrogens with zero attached hydrogens (tertiary/aromatic N) is 1. The summed E-state index contributed by atoms with van der Waals surface area (Å²) in [5, 5.41) is 2.78. The van der Waals surface area contributed by atoms with Crippen molar-refractivity contribution in [2.75, 3.05) is 7.05 Å². The number of sulfonamides is 1. The number of imide groups is 1. The van der Waals surface area contributed by atoms with Gasteiger partial charge in [-0.1, -0.05) is 6.07 Å². The highest BCUT2D eigenvalue weighted by Gasteiger charge is 2.38. The van der Waals surface area contributed by atoms with Crippen LogP contribution in [0.2, 0.25) is 0 Å². The molecule has 2 aliphatic rings. The first-order chi connectivity index (χ1) is 11.3. The zero-order valence-electron chi connectivity index (χ0n) is 13.0. The third-order valence-corrected chi connectivity index (χ3v) is 5.47. The maximum Gasteiger partial charge on any atom is 0.251 e. The second-order valence-electron chi connectivity index (χ2n) is 5.94. The second-order valence-corrected chi connectivity index (χ2v) is 7.66. The van der Waals surface area contributed by atoms with Crippen molar-refractivity contribution in [1.82, 2.24) is 14.9 Å². The summed E-state index contributed by atoms with van der Waals surface area (Å²) in [5.74, 6) is -1.36. The Hall–Kier alpha value is -2.26. The van der Waals surface area contributed by atoms with Gasteiger partial charge >= 0.3 is 0 Å². The highest BCUT2D eigenvalue weighted by atomic mass is 32.2. The van der Waals surface area contributed by atoms with Gasteiger partial charge in [0.05, 0.1) is 11.3 Å². The smallest absolute Gasteiger partial charge is 0.251 e. The fourth-order valence-corrected chi connectivity index (χ4v) is 3.64. The van der Waals surface area contributed by atoms with Crippen LogP contribution < -0.4 is 10.0 Å². The molecule has 8 nitrogen and oxygen atoms in total. The monoisotopic (exact) mass is 351 g/mol. The van der Waals surface area contributed by atoms with Crippen LogP contribution >= 0.6 is 0 Å². The van der Waals surface area contributed by atoms with E-state index in [1.165, 1.54) is 31.3 Å². The molecule has 3 rings (SSSR count). The van der Waals surface area contributed by atoms with E-state index >= 15 is 0 Å². The van der Waals surface area contributed by atoms with Gasteiger partial charge < -0.3 is 5.32 Å². The van der Waals surface area contributed by atoms with Gasteiger partial charge in [0.25, 0.3) is 5.91 Å². The Labute approximate surface area is 139 Å². The van der Waals surface area contributed by atoms with Gasteiger partial charge in [0.15, 0.2) is 0 Å². The number of hydrogen-bond acceptors (Lipinski definition) is 5. The lowest BCUT2D eigenvalue weighted by atomic mass is 10.2. The van der Waals surface area contributed by atoms with Crippen LogP contribution in [0.3, 0.4) is 0 Å². The summed E-state index contributed by atoms with van der Waals surface area (Å²) >= 11 is 0. The molecule has 0 aromatic heterocycles. The van der Waals surface area contributed by atoms with Gasteiger partial charge in [-0.25, -0.2) is 8.42 Å². The fourth-order valence-electron chi connectivity index (χ4n) is 2.40. The van der Waals surface area contributed by atoms with Crippen molar-refractivity contribution in [2.45, 2.75) is 36.2 Å². The van der Waals surface area contributed by atoms with E-state index in [-0.39, 0.29) is 28.8 Å². The number of amides is 3. The Kier molecular flexibility index (Phi) is 4.14. The van der Waals surface area contributed by atoms with Crippen LogP contribution in [0.25, 0.3) is 0 Å². The first-order valence-electron chi connectivity index (χ1n) is 7.51. The normalized spacial score (nSPS) is 21.2. The molecule has 1 saturated carbocycles. The quantitative estimate of drug-likeness (QED) is 0.702. The number of carbonyl (C=O) groups is 3. The maximum atomic E-state index is 12.4. The molecule has 0 radical (unpaired) electrons. The molecule has 1 heterocycles. The highest BCUT2D eigenvalue weighted by Crippen LogP contribution is 2.20. The first-order valence-corrected chi connectivity index (χ1v) is 9.00. The largest absolute Gasteiger partial charge is 0.349 e. The van der Waals surface area contributed by atoms with Gasteiger partial charge in [-0.15, -0.1) is 0 Å². The van der Waals surface area contributed by atoms with Crippen LogP contribution in [0.15, 0.2) is 29.2 Å². The zero-order chi connectivity index (χ0) is 17.5. The molecule has 3 amide bonds. The van der Waals surface area contributed by atoms with Crippen LogP contribution in [-0.2, 0) is 19.6 Å². The Morgan fingerprint density at radius 2 is 1.96 bits per heavy atom. The molecule has 1 aromatic rings. The number of likely N-dealkylation sites (tertiary alicyclic amines) is 1. The van der Waals surface area contributed by atoms with E-state index in [9.17, 15) is 22.8 Å². The molecule has 128 valence electrons. The lowest BCUT2D eigenvalue weighted by Gasteiger charge is -2.12. The average molecular weight is 351 g/mol. The molecule has 1 aliphatic carbocycles. The third-order valence-electron chi connectivity index (χ3n) is 4.00. The molecule has 2 N–H and O–H groups in total. The Morgan fingerprint density at radius 3 is 2.54 bits per heavy atom. The van der Waals surface area contributed by atoms with Gasteiger partial charge in [0, 0.05) is 18.7 Å². The number of hydrogen-bond donors (Lipinski definition) is 2. The molecule has 0 bridgehead atoms. The number of carbonyl (C=O) groups excluding carboxylic acids is 3. The molecule has 1 saturated heterocycles. The minimum Gasteiger partial charge on any atom is -0.349 e. The Bertz CT molecular complexity index is 816. The third kappa shape index (κ3) is 3.31. The van der Waals surface area contributed by atoms with Gasteiger partial charge in [-0.3, -0.25) is 19.3 Å². The van der Waals surface area contributed by atoms with E-state index in [2.05, 4.69) is 10.0 Å². The summed E-state index contributed by atoms with van der Waals surface area (Å²) in [4.78, 5) is 36.1. The van der Waals surface area contributed by atoms with E-state index in [0.717, 1.165) is 17.7 Å². The van der Waals surface area contributed by atoms with Gasteiger partial charge in [0.1, 0.15) is 6.04 Å². The lowest BCUT2D eigenvalue weighted by Crippen LogP contribution is -2.40. The molecule has 0 spiro atoms. The molecular weight excluding hydrogens is 334 g/mol. The molecular formula is C15H17N3O5S. The van der Waals surface area contributed by atoms with Gasteiger partial charge in [-0.05, 0) is 31.0 Å². The summed E-state index contributed by atoms with van der Waals surface area (Å²) in [6.45, 7) is 0. The van der Waals surface area contributed by atoms with Crippen molar-refractivity contribution < 1.29 is 22.8 Å². The van der Waals surface area contributed by atoms with Crippen LogP contribution in [0.4, 0.5) is 0 Å². The molecule has 24 heavy (non-hydrogen) atoms. The van der Waals surface area contributed by atoms with Crippen LogP contribution in [-0.4, -0.2) is 50.2 Å². The van der Waals surface area contributed by atoms with E-state index in [4.69, 9.17) is 0 Å². The predicted octanol–water partition coefficient (Wildman–Crippen LogP) is -0.386. The predicted molar refractivity (Wildman–Crippen MR) is 83.4 cm³/mol. The molecule has 1 aliphatic heterocycles. The molecule has 1 atom stereocenters. The molecule has 1 unspecified atom stereocenters. The summed E-state index contributed by atoms with van der Waals surface area (Å²) in [6.07, 6.45) is 1.64. The van der Waals surface area contributed by atoms with Crippen molar-refractivity contribution >= 4 is 27.7 Å². The van der Waals surface area contributed by atoms with Gasteiger partial charge in [-0.2, -0.15) is 4.72 Å². The van der Waals surface area contributed by atoms with Crippen molar-refractivity contribution in [3.05, 3.63) is 29.8 Å². The topological polar surface area (TPSA) is 113 Å². The Balaban J connectivity index is 1.78. The second kappa shape index (κ2) is 5.99. The number of benzene rings is 1. The molecule has 2 fully saturated rings. The van der Waals surface area contributed by atoms with Crippen molar-refractivity contribution in [3.63, 3.8) is 0 Å². The number of rotatable bonds is 5. The zero-order valence-corrected chi connectivity index (χ0v) is 13.8. The summed E-state index contributed by atoms with van der Waals surface area (Å²) in [5.41, 5.74) is 0.232. The van der Waals surface area contributed by atoms with Crippen molar-refractivity contribution in [1.29, 1.82) is 0 Å². The molecule has 1 aromatic carbocycles. The lowest BCUT2D eigenvalue weighted by molar-refractivity contribution is -0.137. The van der Waals surface area contributed by atoms with Gasteiger partial charge in [0.2, 0.25) is 21.8 Å². The maximum absolute atomic E-state index is 12.4. The minimum absolute atomic E-state index is 0.124. The molecule has 9 heteroatoms. The van der Waals surface area contributed by atoms with E-state index < -0.39 is 27.9 Å². The SMILES string of the molecule is CN1C(=O)CC(NS(=O)(=O)c2cccc(C(=O)NC3CC3)c2)C1=O. The average Bonchev–Trinajstić information content (AvgIpc) is 3.32. The van der Waals surface area contributed by atoms with Crippen LogP contribution in [0.1, 0.15) is 29.6 Å². The summed E-state index contributed by atoms with van der Waals surface area (Å²) < 4.78 is 27.1. The fraction of sp³-hybridized carbons (Fsp3) is 0.400. The van der Waals surface area contributed by atoms with E-state index in [1.807, 2.05) is 0 Å². The first kappa shape index (κ1) is 16.6. The van der Waals surface area contributed by atoms with Crippen molar-refractivity contribution in [2.24, 2.45) is 0 Å². The standard InChI is InChI=1S/C15H17N3O5S/c1-18-13(19)8-12(15(18)21)17-24(22,23)11-4-2-3-9(7-11)14(20)16-10-5-6-10/h2-4,7,10,12,17H,5-6,8H2,1H3,(H,16,20). The Morgan fingerprint density at radius 1 is 1.25 bits per heavy atom. The summed E-state index contributed by atoms with van der Waals surface area (Å²) in [7, 11) is -2.71. The van der Waals surface area contributed by atoms with Crippen molar-refractivity contribution in [3.8, 4) is 0 Å². The van der Waals surface area contributed by atoms with E-state index in [0.29, 0.717) is 0 Å². The summed E-state index contributed by atoms with van der Waals surface area (Å²) in [6, 6.07) is 4.62. The highest BCUT2D eigenvalue weighted by molar-refractivity contribution is 7.89.